The number of pyridine rings is 2. The first kappa shape index (κ1) is 24.9. The van der Waals surface area contributed by atoms with Crippen molar-refractivity contribution in [1.82, 2.24) is 14.9 Å². The SMILES string of the molecule is Cc1cccnc1[C@H]1CC(OCc2ccccc2)C[C@@H](c2ncccc2C)N1C(=O)OC(C)(C)C. The molecule has 6 heteroatoms. The largest absolute Gasteiger partial charge is 0.444 e. The van der Waals surface area contributed by atoms with Crippen LogP contribution < -0.4 is 0 Å². The lowest BCUT2D eigenvalue weighted by molar-refractivity contribution is -0.0612. The average molecular weight is 474 g/mol. The lowest BCUT2D eigenvalue weighted by Gasteiger charge is -2.45. The van der Waals surface area contributed by atoms with Gasteiger partial charge in [0.25, 0.3) is 0 Å². The summed E-state index contributed by atoms with van der Waals surface area (Å²) in [5.74, 6) is 0. The number of carbonyl (C=O) groups is 1. The normalized spacial score (nSPS) is 20.5. The lowest BCUT2D eigenvalue weighted by Crippen LogP contribution is -2.48. The van der Waals surface area contributed by atoms with Crippen LogP contribution in [0.25, 0.3) is 0 Å². The molecule has 3 heterocycles. The molecule has 1 saturated heterocycles. The number of hydrogen-bond donors (Lipinski definition) is 0. The van der Waals surface area contributed by atoms with E-state index >= 15 is 0 Å². The van der Waals surface area contributed by atoms with Crippen molar-refractivity contribution in [3.63, 3.8) is 0 Å². The summed E-state index contributed by atoms with van der Waals surface area (Å²) in [7, 11) is 0. The Kier molecular flexibility index (Phi) is 7.51. The van der Waals surface area contributed by atoms with Crippen LogP contribution in [-0.2, 0) is 16.1 Å². The molecule has 0 saturated carbocycles. The number of rotatable bonds is 5. The fourth-order valence-corrected chi connectivity index (χ4v) is 4.71. The molecular formula is C29H35N3O3. The lowest BCUT2D eigenvalue weighted by atomic mass is 9.87. The second kappa shape index (κ2) is 10.6. The van der Waals surface area contributed by atoms with Crippen molar-refractivity contribution in [3.05, 3.63) is 95.1 Å². The summed E-state index contributed by atoms with van der Waals surface area (Å²) in [6.45, 7) is 10.3. The first-order valence-corrected chi connectivity index (χ1v) is 12.2. The van der Waals surface area contributed by atoms with Crippen molar-refractivity contribution in [2.75, 3.05) is 0 Å². The zero-order valence-electron chi connectivity index (χ0n) is 21.3. The predicted molar refractivity (Wildman–Crippen MR) is 136 cm³/mol. The third-order valence-corrected chi connectivity index (χ3v) is 6.31. The van der Waals surface area contributed by atoms with E-state index in [1.807, 2.05) is 82.0 Å². The number of piperidine rings is 1. The zero-order valence-corrected chi connectivity index (χ0v) is 21.3. The van der Waals surface area contributed by atoms with Gasteiger partial charge in [0, 0.05) is 12.4 Å². The van der Waals surface area contributed by atoms with Crippen molar-refractivity contribution >= 4 is 6.09 Å². The fraction of sp³-hybridized carbons (Fsp3) is 0.414. The molecule has 1 fully saturated rings. The Labute approximate surface area is 208 Å². The smallest absolute Gasteiger partial charge is 0.411 e. The second-order valence-electron chi connectivity index (χ2n) is 10.2. The van der Waals surface area contributed by atoms with Gasteiger partial charge in [-0.25, -0.2) is 4.79 Å². The molecule has 1 aliphatic heterocycles. The molecule has 0 N–H and O–H groups in total. The minimum Gasteiger partial charge on any atom is -0.444 e. The van der Waals surface area contributed by atoms with E-state index in [1.165, 1.54) is 0 Å². The third kappa shape index (κ3) is 6.06. The number of nitrogens with zero attached hydrogens (tertiary/aromatic N) is 3. The van der Waals surface area contributed by atoms with Crippen LogP contribution in [0.5, 0.6) is 0 Å². The summed E-state index contributed by atoms with van der Waals surface area (Å²) in [4.78, 5) is 25.0. The van der Waals surface area contributed by atoms with Gasteiger partial charge < -0.3 is 9.47 Å². The van der Waals surface area contributed by atoms with Gasteiger partial charge in [-0.1, -0.05) is 42.5 Å². The summed E-state index contributed by atoms with van der Waals surface area (Å²) in [5, 5.41) is 0. The van der Waals surface area contributed by atoms with Gasteiger partial charge in [0.1, 0.15) is 5.60 Å². The number of benzene rings is 1. The Morgan fingerprint density at radius 3 is 1.91 bits per heavy atom. The Morgan fingerprint density at radius 1 is 0.886 bits per heavy atom. The van der Waals surface area contributed by atoms with Gasteiger partial charge in [-0.15, -0.1) is 0 Å². The summed E-state index contributed by atoms with van der Waals surface area (Å²) in [5.41, 5.74) is 4.30. The number of carbonyl (C=O) groups excluding carboxylic acids is 1. The van der Waals surface area contributed by atoms with E-state index in [9.17, 15) is 4.79 Å². The van der Waals surface area contributed by atoms with Crippen LogP contribution in [0.15, 0.2) is 67.0 Å². The maximum Gasteiger partial charge on any atom is 0.411 e. The minimum atomic E-state index is -0.620. The molecule has 3 aromatic rings. The maximum atomic E-state index is 13.7. The highest BCUT2D eigenvalue weighted by Gasteiger charge is 2.44. The highest BCUT2D eigenvalue weighted by atomic mass is 16.6. The van der Waals surface area contributed by atoms with Gasteiger partial charge in [-0.3, -0.25) is 14.9 Å². The molecule has 2 aromatic heterocycles. The molecule has 0 bridgehead atoms. The van der Waals surface area contributed by atoms with Gasteiger partial charge in [0.05, 0.1) is 36.2 Å². The molecule has 6 nitrogen and oxygen atoms in total. The molecular weight excluding hydrogens is 438 g/mol. The zero-order chi connectivity index (χ0) is 25.0. The molecule has 3 atom stereocenters. The first-order chi connectivity index (χ1) is 16.7. The van der Waals surface area contributed by atoms with E-state index in [1.54, 1.807) is 12.4 Å². The van der Waals surface area contributed by atoms with Crippen LogP contribution in [0, 0.1) is 13.8 Å². The number of amides is 1. The minimum absolute atomic E-state index is 0.0771. The molecule has 1 aliphatic rings. The predicted octanol–water partition coefficient (Wildman–Crippen LogP) is 6.49. The molecule has 1 amide bonds. The summed E-state index contributed by atoms with van der Waals surface area (Å²) in [6, 6.07) is 17.5. The molecule has 0 spiro atoms. The third-order valence-electron chi connectivity index (χ3n) is 6.31. The van der Waals surface area contributed by atoms with Crippen LogP contribution in [0.3, 0.4) is 0 Å². The Morgan fingerprint density at radius 2 is 1.43 bits per heavy atom. The molecule has 1 unspecified atom stereocenters. The fourth-order valence-electron chi connectivity index (χ4n) is 4.71. The van der Waals surface area contributed by atoms with Gasteiger partial charge in [0.2, 0.25) is 0 Å². The van der Waals surface area contributed by atoms with Crippen molar-refractivity contribution in [2.45, 2.75) is 77.9 Å². The number of ether oxygens (including phenoxy) is 2. The van der Waals surface area contributed by atoms with Crippen LogP contribution in [0.2, 0.25) is 0 Å². The van der Waals surface area contributed by atoms with Gasteiger partial charge in [-0.05, 0) is 76.3 Å². The van der Waals surface area contributed by atoms with E-state index in [0.717, 1.165) is 28.1 Å². The maximum absolute atomic E-state index is 13.7. The molecule has 1 aromatic carbocycles. The van der Waals surface area contributed by atoms with Crippen molar-refractivity contribution in [3.8, 4) is 0 Å². The average Bonchev–Trinajstić information content (AvgIpc) is 2.82. The number of aromatic nitrogens is 2. The number of hydrogen-bond acceptors (Lipinski definition) is 5. The Balaban J connectivity index is 1.74. The van der Waals surface area contributed by atoms with E-state index in [-0.39, 0.29) is 24.3 Å². The highest BCUT2D eigenvalue weighted by Crippen LogP contribution is 2.44. The van der Waals surface area contributed by atoms with Gasteiger partial charge >= 0.3 is 6.09 Å². The quantitative estimate of drug-likeness (QED) is 0.424. The molecule has 35 heavy (non-hydrogen) atoms. The summed E-state index contributed by atoms with van der Waals surface area (Å²) in [6.07, 6.45) is 4.39. The van der Waals surface area contributed by atoms with Crippen molar-refractivity contribution in [2.24, 2.45) is 0 Å². The van der Waals surface area contributed by atoms with Crippen LogP contribution >= 0.6 is 0 Å². The molecule has 0 aliphatic carbocycles. The molecule has 0 radical (unpaired) electrons. The Hall–Kier alpha value is -3.25. The number of likely N-dealkylation sites (tertiary alicyclic amines) is 1. The standard InChI is InChI=1S/C29H35N3O3/c1-20-11-9-15-30-26(20)24-17-23(34-19-22-13-7-6-8-14-22)18-25(27-21(2)12-10-16-31-27)32(24)28(33)35-29(3,4)5/h6-16,23-25H,17-19H2,1-5H3/t23?,24-,25+. The first-order valence-electron chi connectivity index (χ1n) is 12.2. The molecule has 4 rings (SSSR count). The van der Waals surface area contributed by atoms with Crippen LogP contribution in [0.4, 0.5) is 4.79 Å². The van der Waals surface area contributed by atoms with Crippen molar-refractivity contribution in [1.29, 1.82) is 0 Å². The van der Waals surface area contributed by atoms with Crippen LogP contribution in [-0.4, -0.2) is 32.7 Å². The van der Waals surface area contributed by atoms with Crippen LogP contribution in [0.1, 0.15) is 73.8 Å². The summed E-state index contributed by atoms with van der Waals surface area (Å²) < 4.78 is 12.4. The monoisotopic (exact) mass is 473 g/mol. The van der Waals surface area contributed by atoms with Gasteiger partial charge in [0.15, 0.2) is 0 Å². The van der Waals surface area contributed by atoms with Gasteiger partial charge in [-0.2, -0.15) is 0 Å². The van der Waals surface area contributed by atoms with E-state index < -0.39 is 5.60 Å². The summed E-state index contributed by atoms with van der Waals surface area (Å²) >= 11 is 0. The molecule has 184 valence electrons. The topological polar surface area (TPSA) is 64.6 Å². The second-order valence-corrected chi connectivity index (χ2v) is 10.2. The van der Waals surface area contributed by atoms with E-state index in [0.29, 0.717) is 19.4 Å². The van der Waals surface area contributed by atoms with E-state index in [2.05, 4.69) is 12.1 Å². The highest BCUT2D eigenvalue weighted by molar-refractivity contribution is 5.70. The Bertz CT molecular complexity index is 1090. The van der Waals surface area contributed by atoms with E-state index in [4.69, 9.17) is 19.4 Å². The van der Waals surface area contributed by atoms with Crippen molar-refractivity contribution < 1.29 is 14.3 Å². The number of aryl methyl sites for hydroxylation is 2.